The van der Waals surface area contributed by atoms with Crippen LogP contribution in [0.4, 0.5) is 5.69 Å². The second-order valence-electron chi connectivity index (χ2n) is 4.79. The number of amides is 1. The number of esters is 1. The van der Waals surface area contributed by atoms with Crippen LogP contribution in [0.2, 0.25) is 0 Å². The molecule has 0 N–H and O–H groups in total. The molecule has 1 heterocycles. The second kappa shape index (κ2) is 4.44. The minimum Gasteiger partial charge on any atom is -0.468 e. The number of hydrogen-bond donors (Lipinski definition) is 0. The average Bonchev–Trinajstić information content (AvgIpc) is 2.50. The smallest absolute Gasteiger partial charge is 0.316 e. The molecule has 0 radical (unpaired) electrons. The molecule has 0 unspecified atom stereocenters. The number of hydrogen-bond acceptors (Lipinski definition) is 3. The van der Waals surface area contributed by atoms with Gasteiger partial charge in [0.1, 0.15) is 0 Å². The zero-order valence-corrected chi connectivity index (χ0v) is 10.9. The maximum absolute atomic E-state index is 12.1. The summed E-state index contributed by atoms with van der Waals surface area (Å²) in [5.74, 6) is -0.270. The molecule has 0 fully saturated rings. The Balaban J connectivity index is 2.62. The lowest BCUT2D eigenvalue weighted by Crippen LogP contribution is -2.33. The van der Waals surface area contributed by atoms with Gasteiger partial charge in [0.2, 0.25) is 5.91 Å². The number of fused-ring (bicyclic) bond motifs is 1. The average molecular weight is 247 g/mol. The lowest BCUT2D eigenvalue weighted by molar-refractivity contribution is -0.147. The van der Waals surface area contributed by atoms with Crippen LogP contribution in [0.1, 0.15) is 25.3 Å². The maximum atomic E-state index is 12.1. The highest BCUT2D eigenvalue weighted by molar-refractivity contribution is 5.98. The normalized spacial score (nSPS) is 23.3. The van der Waals surface area contributed by atoms with E-state index in [1.165, 1.54) is 7.11 Å². The lowest BCUT2D eigenvalue weighted by atomic mass is 9.78. The van der Waals surface area contributed by atoms with Gasteiger partial charge in [0.15, 0.2) is 0 Å². The van der Waals surface area contributed by atoms with Crippen molar-refractivity contribution < 1.29 is 14.3 Å². The van der Waals surface area contributed by atoms with E-state index < -0.39 is 5.41 Å². The first-order chi connectivity index (χ1) is 8.50. The van der Waals surface area contributed by atoms with Gasteiger partial charge in [0.05, 0.1) is 12.5 Å². The number of carbonyl (C=O) groups excluding carboxylic acids is 2. The van der Waals surface area contributed by atoms with Crippen LogP contribution in [0.25, 0.3) is 0 Å². The van der Waals surface area contributed by atoms with E-state index in [4.69, 9.17) is 4.74 Å². The molecule has 0 aromatic heterocycles. The van der Waals surface area contributed by atoms with Crippen molar-refractivity contribution in [3.8, 4) is 0 Å². The van der Waals surface area contributed by atoms with Crippen LogP contribution >= 0.6 is 0 Å². The van der Waals surface area contributed by atoms with Crippen LogP contribution in [-0.4, -0.2) is 26.0 Å². The summed E-state index contributed by atoms with van der Waals surface area (Å²) < 4.78 is 4.91. The molecule has 18 heavy (non-hydrogen) atoms. The Labute approximate surface area is 107 Å². The zero-order valence-electron chi connectivity index (χ0n) is 10.9. The fraction of sp³-hybridized carbons (Fsp3) is 0.429. The number of rotatable bonds is 1. The molecule has 1 aromatic rings. The highest BCUT2D eigenvalue weighted by atomic mass is 16.5. The first kappa shape index (κ1) is 12.6. The number of carbonyl (C=O) groups is 2. The number of ether oxygens (including phenoxy) is 1. The number of anilines is 1. The summed E-state index contributed by atoms with van der Waals surface area (Å²) in [5, 5.41) is 0. The molecule has 0 saturated carbocycles. The van der Waals surface area contributed by atoms with E-state index in [9.17, 15) is 9.59 Å². The first-order valence-corrected chi connectivity index (χ1v) is 5.95. The Morgan fingerprint density at radius 1 is 1.39 bits per heavy atom. The zero-order chi connectivity index (χ0) is 13.3. The molecule has 0 saturated heterocycles. The number of benzene rings is 1. The Morgan fingerprint density at radius 2 is 2.06 bits per heavy atom. The van der Waals surface area contributed by atoms with E-state index in [0.717, 1.165) is 11.3 Å². The van der Waals surface area contributed by atoms with Gasteiger partial charge in [-0.15, -0.1) is 0 Å². The van der Waals surface area contributed by atoms with E-state index in [2.05, 4.69) is 0 Å². The quantitative estimate of drug-likeness (QED) is 0.712. The summed E-state index contributed by atoms with van der Waals surface area (Å²) in [6, 6.07) is 7.50. The topological polar surface area (TPSA) is 46.6 Å². The lowest BCUT2D eigenvalue weighted by Gasteiger charge is -2.27. The van der Waals surface area contributed by atoms with Gasteiger partial charge >= 0.3 is 5.97 Å². The van der Waals surface area contributed by atoms with Gasteiger partial charge in [-0.3, -0.25) is 9.59 Å². The van der Waals surface area contributed by atoms with Crippen molar-refractivity contribution in [1.29, 1.82) is 0 Å². The monoisotopic (exact) mass is 247 g/mol. The molecular weight excluding hydrogens is 230 g/mol. The molecule has 96 valence electrons. The van der Waals surface area contributed by atoms with Crippen LogP contribution < -0.4 is 4.90 Å². The van der Waals surface area contributed by atoms with Crippen molar-refractivity contribution >= 4 is 17.6 Å². The van der Waals surface area contributed by atoms with Gasteiger partial charge in [-0.1, -0.05) is 18.2 Å². The highest BCUT2D eigenvalue weighted by Crippen LogP contribution is 2.39. The first-order valence-electron chi connectivity index (χ1n) is 5.95. The molecule has 0 spiro atoms. The van der Waals surface area contributed by atoms with Gasteiger partial charge in [0.25, 0.3) is 0 Å². The van der Waals surface area contributed by atoms with Crippen LogP contribution in [-0.2, 0) is 19.7 Å². The highest BCUT2D eigenvalue weighted by Gasteiger charge is 2.41. The minimum atomic E-state index is -0.758. The van der Waals surface area contributed by atoms with E-state index in [1.54, 1.807) is 11.9 Å². The minimum absolute atomic E-state index is 0.0232. The largest absolute Gasteiger partial charge is 0.468 e. The van der Waals surface area contributed by atoms with Crippen molar-refractivity contribution in [3.05, 3.63) is 29.8 Å². The Kier molecular flexibility index (Phi) is 3.11. The molecule has 2 rings (SSSR count). The van der Waals surface area contributed by atoms with Crippen molar-refractivity contribution in [2.24, 2.45) is 0 Å². The van der Waals surface area contributed by atoms with Crippen LogP contribution in [0.3, 0.4) is 0 Å². The van der Waals surface area contributed by atoms with Crippen LogP contribution in [0, 0.1) is 0 Å². The predicted molar refractivity (Wildman–Crippen MR) is 68.5 cm³/mol. The number of nitrogens with zero attached hydrogens (tertiary/aromatic N) is 1. The van der Waals surface area contributed by atoms with Crippen molar-refractivity contribution in [2.75, 3.05) is 19.1 Å². The fourth-order valence-electron chi connectivity index (χ4n) is 2.46. The maximum Gasteiger partial charge on any atom is 0.316 e. The predicted octanol–water partition coefficient (Wildman–Crippen LogP) is 1.87. The molecule has 1 atom stereocenters. The van der Waals surface area contributed by atoms with Gasteiger partial charge in [-0.2, -0.15) is 0 Å². The summed E-state index contributed by atoms with van der Waals surface area (Å²) >= 11 is 0. The Morgan fingerprint density at radius 3 is 2.72 bits per heavy atom. The fourth-order valence-corrected chi connectivity index (χ4v) is 2.46. The molecule has 1 aliphatic heterocycles. The summed E-state index contributed by atoms with van der Waals surface area (Å²) in [5.41, 5.74) is 0.879. The Bertz CT molecular complexity index is 498. The summed E-state index contributed by atoms with van der Waals surface area (Å²) in [7, 11) is 3.12. The third-order valence-corrected chi connectivity index (χ3v) is 3.71. The molecule has 0 aliphatic carbocycles. The van der Waals surface area contributed by atoms with Gasteiger partial charge in [0, 0.05) is 19.2 Å². The Hall–Kier alpha value is -1.84. The van der Waals surface area contributed by atoms with Crippen LogP contribution in [0.15, 0.2) is 24.3 Å². The second-order valence-corrected chi connectivity index (χ2v) is 4.79. The van der Waals surface area contributed by atoms with Crippen molar-refractivity contribution in [2.45, 2.75) is 25.2 Å². The summed E-state index contributed by atoms with van der Waals surface area (Å²) in [6.45, 7) is 1.84. The number of para-hydroxylation sites is 1. The van der Waals surface area contributed by atoms with Crippen molar-refractivity contribution in [3.63, 3.8) is 0 Å². The third kappa shape index (κ3) is 1.78. The molecule has 1 aromatic carbocycles. The van der Waals surface area contributed by atoms with Gasteiger partial charge in [-0.05, 0) is 25.0 Å². The van der Waals surface area contributed by atoms with Gasteiger partial charge < -0.3 is 9.64 Å². The van der Waals surface area contributed by atoms with Gasteiger partial charge in [-0.25, -0.2) is 0 Å². The van der Waals surface area contributed by atoms with E-state index in [-0.39, 0.29) is 11.9 Å². The molecule has 4 heteroatoms. The van der Waals surface area contributed by atoms with E-state index >= 15 is 0 Å². The summed E-state index contributed by atoms with van der Waals surface area (Å²) in [6.07, 6.45) is 0.816. The molecule has 1 aliphatic rings. The summed E-state index contributed by atoms with van der Waals surface area (Å²) in [4.78, 5) is 25.6. The van der Waals surface area contributed by atoms with E-state index in [0.29, 0.717) is 12.8 Å². The van der Waals surface area contributed by atoms with Crippen molar-refractivity contribution in [1.82, 2.24) is 0 Å². The SMILES string of the molecule is COC(=O)[C@@]1(C)CCC(=O)N(C)c2ccccc21. The molecule has 4 nitrogen and oxygen atoms in total. The standard InChI is InChI=1S/C14H17NO3/c1-14(13(17)18-3)9-8-12(16)15(2)11-7-5-4-6-10(11)14/h4-7H,8-9H2,1-3H3/t14-/m0/s1. The van der Waals surface area contributed by atoms with Crippen LogP contribution in [0.5, 0.6) is 0 Å². The molecule has 1 amide bonds. The number of methoxy groups -OCH3 is 1. The third-order valence-electron chi connectivity index (χ3n) is 3.71. The molecule has 0 bridgehead atoms. The molecular formula is C14H17NO3. The van der Waals surface area contributed by atoms with E-state index in [1.807, 2.05) is 31.2 Å².